The van der Waals surface area contributed by atoms with Gasteiger partial charge in [0.2, 0.25) is 0 Å². The molecular formula is C17H28N2O2. The fraction of sp³-hybridized carbons (Fsp3) is 0.588. The lowest BCUT2D eigenvalue weighted by molar-refractivity contribution is 0.0952. The molecule has 1 rings (SSSR count). The molecule has 0 bridgehead atoms. The van der Waals surface area contributed by atoms with Gasteiger partial charge in [0.25, 0.3) is 5.91 Å². The van der Waals surface area contributed by atoms with E-state index in [0.717, 1.165) is 25.7 Å². The number of anilines is 1. The van der Waals surface area contributed by atoms with Gasteiger partial charge in [-0.3, -0.25) is 4.79 Å². The summed E-state index contributed by atoms with van der Waals surface area (Å²) in [6, 6.07) is 5.22. The number of rotatable bonds is 9. The SMILES string of the molecule is CCCCCOc1ccc(C(=O)NCCC(C)C)cc1N. The lowest BCUT2D eigenvalue weighted by atomic mass is 10.1. The van der Waals surface area contributed by atoms with Crippen LogP contribution in [0.25, 0.3) is 0 Å². The molecule has 21 heavy (non-hydrogen) atoms. The van der Waals surface area contributed by atoms with Gasteiger partial charge in [0, 0.05) is 12.1 Å². The number of ether oxygens (including phenoxy) is 1. The first-order valence-corrected chi connectivity index (χ1v) is 7.85. The van der Waals surface area contributed by atoms with Crippen molar-refractivity contribution in [1.29, 1.82) is 0 Å². The molecule has 0 aliphatic carbocycles. The number of nitrogens with one attached hydrogen (secondary N) is 1. The van der Waals surface area contributed by atoms with Gasteiger partial charge in [-0.2, -0.15) is 0 Å². The maximum atomic E-state index is 12.0. The van der Waals surface area contributed by atoms with Crippen molar-refractivity contribution in [3.63, 3.8) is 0 Å². The minimum atomic E-state index is -0.0834. The second-order valence-electron chi connectivity index (χ2n) is 5.75. The van der Waals surface area contributed by atoms with Gasteiger partial charge in [-0.25, -0.2) is 0 Å². The molecule has 0 heterocycles. The first-order valence-electron chi connectivity index (χ1n) is 7.85. The van der Waals surface area contributed by atoms with Crippen LogP contribution in [0.5, 0.6) is 5.75 Å². The number of carbonyl (C=O) groups is 1. The van der Waals surface area contributed by atoms with Gasteiger partial charge in [-0.1, -0.05) is 33.6 Å². The normalized spacial score (nSPS) is 10.7. The summed E-state index contributed by atoms with van der Waals surface area (Å²) in [5, 5.41) is 2.90. The summed E-state index contributed by atoms with van der Waals surface area (Å²) in [6.07, 6.45) is 4.30. The standard InChI is InChI=1S/C17H28N2O2/c1-4-5-6-11-21-16-8-7-14(12-15(16)18)17(20)19-10-9-13(2)3/h7-8,12-13H,4-6,9-11,18H2,1-3H3,(H,19,20). The highest BCUT2D eigenvalue weighted by molar-refractivity contribution is 5.95. The van der Waals surface area contributed by atoms with Crippen LogP contribution in [0.4, 0.5) is 5.69 Å². The molecule has 0 aliphatic heterocycles. The molecule has 4 nitrogen and oxygen atoms in total. The Kier molecular flexibility index (Phi) is 7.65. The van der Waals surface area contributed by atoms with E-state index in [-0.39, 0.29) is 5.91 Å². The summed E-state index contributed by atoms with van der Waals surface area (Å²) in [6.45, 7) is 7.77. The molecule has 0 fully saturated rings. The molecule has 1 aromatic rings. The Morgan fingerprint density at radius 3 is 2.71 bits per heavy atom. The van der Waals surface area contributed by atoms with E-state index < -0.39 is 0 Å². The van der Waals surface area contributed by atoms with Gasteiger partial charge in [0.15, 0.2) is 0 Å². The van der Waals surface area contributed by atoms with Crippen LogP contribution in [-0.2, 0) is 0 Å². The molecule has 0 unspecified atom stereocenters. The molecule has 0 spiro atoms. The number of nitrogens with two attached hydrogens (primary N) is 1. The molecule has 0 aliphatic rings. The van der Waals surface area contributed by atoms with Crippen molar-refractivity contribution < 1.29 is 9.53 Å². The molecule has 0 saturated heterocycles. The molecule has 118 valence electrons. The van der Waals surface area contributed by atoms with E-state index in [9.17, 15) is 4.79 Å². The summed E-state index contributed by atoms with van der Waals surface area (Å²) in [5.74, 6) is 1.15. The van der Waals surface area contributed by atoms with Crippen LogP contribution in [0.1, 0.15) is 56.8 Å². The van der Waals surface area contributed by atoms with Crippen LogP contribution < -0.4 is 15.8 Å². The molecule has 1 amide bonds. The maximum Gasteiger partial charge on any atom is 0.251 e. The third-order valence-electron chi connectivity index (χ3n) is 3.28. The zero-order valence-corrected chi connectivity index (χ0v) is 13.4. The van der Waals surface area contributed by atoms with Crippen LogP contribution in [0.15, 0.2) is 18.2 Å². The van der Waals surface area contributed by atoms with Crippen LogP contribution in [0, 0.1) is 5.92 Å². The fourth-order valence-electron chi connectivity index (χ4n) is 1.93. The lowest BCUT2D eigenvalue weighted by Gasteiger charge is -2.11. The van der Waals surface area contributed by atoms with Gasteiger partial charge in [0.1, 0.15) is 5.75 Å². The molecule has 1 aromatic carbocycles. The predicted molar refractivity (Wildman–Crippen MR) is 87.7 cm³/mol. The third kappa shape index (κ3) is 6.52. The van der Waals surface area contributed by atoms with Crippen molar-refractivity contribution in [3.8, 4) is 5.75 Å². The lowest BCUT2D eigenvalue weighted by Crippen LogP contribution is -2.25. The Hall–Kier alpha value is -1.71. The smallest absolute Gasteiger partial charge is 0.251 e. The van der Waals surface area contributed by atoms with Gasteiger partial charge < -0.3 is 15.8 Å². The van der Waals surface area contributed by atoms with E-state index in [0.29, 0.717) is 36.1 Å². The molecule has 0 saturated carbocycles. The maximum absolute atomic E-state index is 12.0. The van der Waals surface area contributed by atoms with Crippen LogP contribution in [0.2, 0.25) is 0 Å². The molecule has 0 radical (unpaired) electrons. The van der Waals surface area contributed by atoms with Crippen molar-refractivity contribution in [2.24, 2.45) is 5.92 Å². The zero-order chi connectivity index (χ0) is 15.7. The van der Waals surface area contributed by atoms with Crippen LogP contribution in [0.3, 0.4) is 0 Å². The van der Waals surface area contributed by atoms with Crippen molar-refractivity contribution in [2.75, 3.05) is 18.9 Å². The summed E-state index contributed by atoms with van der Waals surface area (Å²) in [4.78, 5) is 12.0. The van der Waals surface area contributed by atoms with Crippen LogP contribution >= 0.6 is 0 Å². The Balaban J connectivity index is 2.50. The largest absolute Gasteiger partial charge is 0.491 e. The fourth-order valence-corrected chi connectivity index (χ4v) is 1.93. The number of hydrogen-bond donors (Lipinski definition) is 2. The first-order chi connectivity index (χ1) is 10.0. The average Bonchev–Trinajstić information content (AvgIpc) is 2.44. The van der Waals surface area contributed by atoms with E-state index in [1.54, 1.807) is 18.2 Å². The Morgan fingerprint density at radius 1 is 1.33 bits per heavy atom. The highest BCUT2D eigenvalue weighted by Gasteiger charge is 2.08. The minimum Gasteiger partial charge on any atom is -0.491 e. The number of carbonyl (C=O) groups excluding carboxylic acids is 1. The first kappa shape index (κ1) is 17.3. The highest BCUT2D eigenvalue weighted by atomic mass is 16.5. The minimum absolute atomic E-state index is 0.0834. The van der Waals surface area contributed by atoms with E-state index in [1.165, 1.54) is 0 Å². The second kappa shape index (κ2) is 9.27. The number of unbranched alkanes of at least 4 members (excludes halogenated alkanes) is 2. The van der Waals surface area contributed by atoms with Crippen molar-refractivity contribution in [2.45, 2.75) is 46.5 Å². The van der Waals surface area contributed by atoms with E-state index in [2.05, 4.69) is 26.1 Å². The number of benzene rings is 1. The third-order valence-corrected chi connectivity index (χ3v) is 3.28. The number of hydrogen-bond acceptors (Lipinski definition) is 3. The molecule has 0 aromatic heterocycles. The van der Waals surface area contributed by atoms with Gasteiger partial charge in [0.05, 0.1) is 12.3 Å². The monoisotopic (exact) mass is 292 g/mol. The molecule has 0 atom stereocenters. The zero-order valence-electron chi connectivity index (χ0n) is 13.4. The summed E-state index contributed by atoms with van der Waals surface area (Å²) in [7, 11) is 0. The Bertz CT molecular complexity index is 444. The second-order valence-corrected chi connectivity index (χ2v) is 5.75. The highest BCUT2D eigenvalue weighted by Crippen LogP contribution is 2.22. The van der Waals surface area contributed by atoms with Gasteiger partial charge in [-0.05, 0) is 37.0 Å². The van der Waals surface area contributed by atoms with Gasteiger partial charge >= 0.3 is 0 Å². The topological polar surface area (TPSA) is 64.3 Å². The van der Waals surface area contributed by atoms with Crippen molar-refractivity contribution in [1.82, 2.24) is 5.32 Å². The average molecular weight is 292 g/mol. The molecule has 3 N–H and O–H groups in total. The summed E-state index contributed by atoms with van der Waals surface area (Å²) < 4.78 is 5.63. The Morgan fingerprint density at radius 2 is 2.10 bits per heavy atom. The molecular weight excluding hydrogens is 264 g/mol. The number of nitrogen functional groups attached to an aromatic ring is 1. The van der Waals surface area contributed by atoms with E-state index >= 15 is 0 Å². The number of amides is 1. The molecule has 4 heteroatoms. The van der Waals surface area contributed by atoms with E-state index in [1.807, 2.05) is 0 Å². The summed E-state index contributed by atoms with van der Waals surface area (Å²) >= 11 is 0. The van der Waals surface area contributed by atoms with Gasteiger partial charge in [-0.15, -0.1) is 0 Å². The van der Waals surface area contributed by atoms with Crippen LogP contribution in [-0.4, -0.2) is 19.1 Å². The van der Waals surface area contributed by atoms with E-state index in [4.69, 9.17) is 10.5 Å². The quantitative estimate of drug-likeness (QED) is 0.540. The summed E-state index contributed by atoms with van der Waals surface area (Å²) in [5.41, 5.74) is 7.04. The van der Waals surface area contributed by atoms with Crippen molar-refractivity contribution >= 4 is 11.6 Å². The van der Waals surface area contributed by atoms with Crippen molar-refractivity contribution in [3.05, 3.63) is 23.8 Å². The predicted octanol–water partition coefficient (Wildman–Crippen LogP) is 3.61. The Labute approximate surface area is 128 Å².